The SMILES string of the molecule is C[C@@H]1CC[C@@H](CN)C(=O)N1. The lowest BCUT2D eigenvalue weighted by Gasteiger charge is -2.25. The first kappa shape index (κ1) is 7.54. The van der Waals surface area contributed by atoms with E-state index in [0.717, 1.165) is 12.8 Å². The molecule has 1 saturated heterocycles. The molecule has 2 atom stereocenters. The summed E-state index contributed by atoms with van der Waals surface area (Å²) in [6.45, 7) is 2.50. The molecule has 0 radical (unpaired) electrons. The van der Waals surface area contributed by atoms with Gasteiger partial charge >= 0.3 is 0 Å². The number of amides is 1. The maximum Gasteiger partial charge on any atom is 0.224 e. The Labute approximate surface area is 61.0 Å². The van der Waals surface area contributed by atoms with Crippen LogP contribution in [0.25, 0.3) is 0 Å². The van der Waals surface area contributed by atoms with Gasteiger partial charge in [-0.1, -0.05) is 0 Å². The van der Waals surface area contributed by atoms with Crippen LogP contribution in [0.3, 0.4) is 0 Å². The molecule has 1 aliphatic rings. The standard InChI is InChI=1S/C7H14N2O/c1-5-2-3-6(4-8)7(10)9-5/h5-6H,2-4,8H2,1H3,(H,9,10)/t5-,6+/m1/s1. The second kappa shape index (κ2) is 3.01. The molecule has 1 amide bonds. The summed E-state index contributed by atoms with van der Waals surface area (Å²) in [4.78, 5) is 11.0. The summed E-state index contributed by atoms with van der Waals surface area (Å²) >= 11 is 0. The Morgan fingerprint density at radius 1 is 1.70 bits per heavy atom. The molecule has 0 saturated carbocycles. The van der Waals surface area contributed by atoms with Crippen molar-refractivity contribution < 1.29 is 4.79 Å². The summed E-state index contributed by atoms with van der Waals surface area (Å²) in [6.07, 6.45) is 2.01. The predicted molar refractivity (Wildman–Crippen MR) is 39.4 cm³/mol. The lowest BCUT2D eigenvalue weighted by molar-refractivity contribution is -0.127. The van der Waals surface area contributed by atoms with Crippen LogP contribution in [0.5, 0.6) is 0 Å². The molecule has 58 valence electrons. The van der Waals surface area contributed by atoms with Crippen LogP contribution in [0.4, 0.5) is 0 Å². The minimum absolute atomic E-state index is 0.0659. The molecule has 3 nitrogen and oxygen atoms in total. The summed E-state index contributed by atoms with van der Waals surface area (Å²) in [5.74, 6) is 0.192. The zero-order valence-electron chi connectivity index (χ0n) is 6.26. The largest absolute Gasteiger partial charge is 0.353 e. The number of rotatable bonds is 1. The van der Waals surface area contributed by atoms with Gasteiger partial charge in [0.05, 0.1) is 5.92 Å². The first-order valence-electron chi connectivity index (χ1n) is 3.74. The van der Waals surface area contributed by atoms with Crippen molar-refractivity contribution in [3.05, 3.63) is 0 Å². The third-order valence-electron chi connectivity index (χ3n) is 1.99. The van der Waals surface area contributed by atoms with Crippen LogP contribution in [0.2, 0.25) is 0 Å². The zero-order valence-corrected chi connectivity index (χ0v) is 6.26. The van der Waals surface area contributed by atoms with Crippen molar-refractivity contribution in [2.75, 3.05) is 6.54 Å². The molecule has 1 heterocycles. The van der Waals surface area contributed by atoms with Crippen molar-refractivity contribution in [2.24, 2.45) is 11.7 Å². The quantitative estimate of drug-likeness (QED) is 0.535. The minimum Gasteiger partial charge on any atom is -0.353 e. The molecular weight excluding hydrogens is 128 g/mol. The van der Waals surface area contributed by atoms with Gasteiger partial charge in [-0.2, -0.15) is 0 Å². The third kappa shape index (κ3) is 1.48. The van der Waals surface area contributed by atoms with Gasteiger partial charge in [0.2, 0.25) is 5.91 Å². The maximum atomic E-state index is 11.0. The first-order valence-corrected chi connectivity index (χ1v) is 3.74. The van der Waals surface area contributed by atoms with Gasteiger partial charge in [-0.3, -0.25) is 4.79 Å². The normalized spacial score (nSPS) is 33.6. The van der Waals surface area contributed by atoms with E-state index in [1.54, 1.807) is 0 Å². The second-order valence-electron chi connectivity index (χ2n) is 2.92. The van der Waals surface area contributed by atoms with E-state index in [9.17, 15) is 4.79 Å². The number of hydrogen-bond donors (Lipinski definition) is 2. The molecule has 0 aromatic carbocycles. The highest BCUT2D eigenvalue weighted by Gasteiger charge is 2.23. The van der Waals surface area contributed by atoms with Crippen molar-refractivity contribution in [3.8, 4) is 0 Å². The minimum atomic E-state index is 0.0659. The number of nitrogens with two attached hydrogens (primary N) is 1. The molecule has 1 aliphatic heterocycles. The lowest BCUT2D eigenvalue weighted by Crippen LogP contribution is -2.44. The fourth-order valence-corrected chi connectivity index (χ4v) is 1.24. The fourth-order valence-electron chi connectivity index (χ4n) is 1.24. The van der Waals surface area contributed by atoms with Gasteiger partial charge in [-0.25, -0.2) is 0 Å². The number of piperidine rings is 1. The molecular formula is C7H14N2O. The monoisotopic (exact) mass is 142 g/mol. The first-order chi connectivity index (χ1) is 4.74. The van der Waals surface area contributed by atoms with Crippen LogP contribution in [-0.2, 0) is 4.79 Å². The van der Waals surface area contributed by atoms with E-state index in [1.165, 1.54) is 0 Å². The molecule has 1 rings (SSSR count). The molecule has 10 heavy (non-hydrogen) atoms. The maximum absolute atomic E-state index is 11.0. The van der Waals surface area contributed by atoms with Crippen LogP contribution >= 0.6 is 0 Å². The van der Waals surface area contributed by atoms with Crippen molar-refractivity contribution >= 4 is 5.91 Å². The number of carbonyl (C=O) groups is 1. The van der Waals surface area contributed by atoms with Crippen LogP contribution in [-0.4, -0.2) is 18.5 Å². The molecule has 0 bridgehead atoms. The lowest BCUT2D eigenvalue weighted by atomic mass is 9.95. The Morgan fingerprint density at radius 2 is 2.40 bits per heavy atom. The molecule has 1 fully saturated rings. The van der Waals surface area contributed by atoms with E-state index in [2.05, 4.69) is 5.32 Å². The van der Waals surface area contributed by atoms with Crippen molar-refractivity contribution in [2.45, 2.75) is 25.8 Å². The average Bonchev–Trinajstić information content (AvgIpc) is 1.88. The highest BCUT2D eigenvalue weighted by atomic mass is 16.2. The number of carbonyl (C=O) groups excluding carboxylic acids is 1. The zero-order chi connectivity index (χ0) is 7.56. The Morgan fingerprint density at radius 3 is 2.90 bits per heavy atom. The van der Waals surface area contributed by atoms with E-state index >= 15 is 0 Å². The van der Waals surface area contributed by atoms with Crippen molar-refractivity contribution in [1.29, 1.82) is 0 Å². The van der Waals surface area contributed by atoms with Crippen molar-refractivity contribution in [1.82, 2.24) is 5.32 Å². The van der Waals surface area contributed by atoms with Gasteiger partial charge in [0, 0.05) is 12.6 Å². The Bertz CT molecular complexity index is 136. The van der Waals surface area contributed by atoms with Gasteiger partial charge in [-0.05, 0) is 19.8 Å². The topological polar surface area (TPSA) is 55.1 Å². The van der Waals surface area contributed by atoms with Crippen LogP contribution in [0.1, 0.15) is 19.8 Å². The van der Waals surface area contributed by atoms with Gasteiger partial charge in [0.25, 0.3) is 0 Å². The molecule has 0 unspecified atom stereocenters. The van der Waals surface area contributed by atoms with Gasteiger partial charge < -0.3 is 11.1 Å². The molecule has 3 N–H and O–H groups in total. The second-order valence-corrected chi connectivity index (χ2v) is 2.92. The molecule has 0 spiro atoms. The third-order valence-corrected chi connectivity index (χ3v) is 1.99. The van der Waals surface area contributed by atoms with E-state index in [1.807, 2.05) is 6.92 Å². The summed E-state index contributed by atoms with van der Waals surface area (Å²) in [5, 5.41) is 2.86. The Balaban J connectivity index is 2.43. The van der Waals surface area contributed by atoms with Gasteiger partial charge in [-0.15, -0.1) is 0 Å². The number of nitrogens with one attached hydrogen (secondary N) is 1. The van der Waals surface area contributed by atoms with Gasteiger partial charge in [0.1, 0.15) is 0 Å². The van der Waals surface area contributed by atoms with Crippen LogP contribution in [0, 0.1) is 5.92 Å². The van der Waals surface area contributed by atoms with E-state index in [0.29, 0.717) is 12.6 Å². The summed E-state index contributed by atoms with van der Waals surface area (Å²) in [6, 6.07) is 0.343. The summed E-state index contributed by atoms with van der Waals surface area (Å²) in [7, 11) is 0. The highest BCUT2D eigenvalue weighted by molar-refractivity contribution is 5.79. The Hall–Kier alpha value is -0.570. The van der Waals surface area contributed by atoms with E-state index < -0.39 is 0 Å². The molecule has 0 aromatic heterocycles. The van der Waals surface area contributed by atoms with Crippen LogP contribution < -0.4 is 11.1 Å². The molecule has 0 aromatic rings. The Kier molecular flexibility index (Phi) is 2.27. The summed E-state index contributed by atoms with van der Waals surface area (Å²) < 4.78 is 0. The molecule has 0 aliphatic carbocycles. The molecule has 3 heteroatoms. The summed E-state index contributed by atoms with van der Waals surface area (Å²) in [5.41, 5.74) is 5.38. The van der Waals surface area contributed by atoms with Crippen molar-refractivity contribution in [3.63, 3.8) is 0 Å². The number of hydrogen-bond acceptors (Lipinski definition) is 2. The highest BCUT2D eigenvalue weighted by Crippen LogP contribution is 2.13. The van der Waals surface area contributed by atoms with Gasteiger partial charge in [0.15, 0.2) is 0 Å². The van der Waals surface area contributed by atoms with E-state index in [4.69, 9.17) is 5.73 Å². The smallest absolute Gasteiger partial charge is 0.224 e. The average molecular weight is 142 g/mol. The van der Waals surface area contributed by atoms with E-state index in [-0.39, 0.29) is 11.8 Å². The predicted octanol–water partition coefficient (Wildman–Crippen LogP) is -0.140. The fraction of sp³-hybridized carbons (Fsp3) is 0.857. The van der Waals surface area contributed by atoms with Crippen LogP contribution in [0.15, 0.2) is 0 Å².